The summed E-state index contributed by atoms with van der Waals surface area (Å²) < 4.78 is 29.5. The molecule has 0 bridgehead atoms. The maximum Gasteiger partial charge on any atom is 0.243 e. The van der Waals surface area contributed by atoms with Crippen LogP contribution in [0.15, 0.2) is 66.0 Å². The number of benzene rings is 1. The molecule has 1 fully saturated rings. The highest BCUT2D eigenvalue weighted by atomic mass is 35.5. The fourth-order valence-electron chi connectivity index (χ4n) is 4.57. The molecule has 8 nitrogen and oxygen atoms in total. The molecule has 5 rings (SSSR count). The molecule has 2 aliphatic heterocycles. The molecule has 1 spiro atoms. The van der Waals surface area contributed by atoms with E-state index >= 15 is 0 Å². The van der Waals surface area contributed by atoms with Gasteiger partial charge in [-0.3, -0.25) is 14.7 Å². The summed E-state index contributed by atoms with van der Waals surface area (Å²) in [6.45, 7) is 1.09. The average molecular weight is 472 g/mol. The highest BCUT2D eigenvalue weighted by molar-refractivity contribution is 7.89. The zero-order valence-electron chi connectivity index (χ0n) is 17.3. The fraction of sp³-hybridized carbons (Fsp3) is 0.318. The van der Waals surface area contributed by atoms with Crippen molar-refractivity contribution >= 4 is 33.3 Å². The van der Waals surface area contributed by atoms with E-state index in [2.05, 4.69) is 10.1 Å². The summed E-state index contributed by atoms with van der Waals surface area (Å²) in [6.07, 6.45) is 6.44. The highest BCUT2D eigenvalue weighted by Crippen LogP contribution is 2.42. The second-order valence-corrected chi connectivity index (χ2v) is 10.6. The summed E-state index contributed by atoms with van der Waals surface area (Å²) in [7, 11) is -3.62. The Morgan fingerprint density at radius 3 is 2.34 bits per heavy atom. The molecule has 1 amide bonds. The Bertz CT molecular complexity index is 1240. The Balaban J connectivity index is 1.38. The zero-order chi connectivity index (χ0) is 22.3. The molecule has 3 aromatic rings. The van der Waals surface area contributed by atoms with Crippen LogP contribution in [0, 0.1) is 0 Å². The SMILES string of the molecule is O=C1CC2(CCN(S(=O)(=O)c3ccc(Cl)cc3)CC2)n2nccc2N1Cc1ccncc1. The minimum Gasteiger partial charge on any atom is -0.292 e. The summed E-state index contributed by atoms with van der Waals surface area (Å²) in [5.41, 5.74) is 0.470. The number of anilines is 1. The van der Waals surface area contributed by atoms with Crippen LogP contribution >= 0.6 is 11.6 Å². The zero-order valence-corrected chi connectivity index (χ0v) is 18.8. The second-order valence-electron chi connectivity index (χ2n) is 8.20. The number of hydrogen-bond acceptors (Lipinski definition) is 5. The first-order valence-corrected chi connectivity index (χ1v) is 12.2. The Kier molecular flexibility index (Phi) is 5.27. The van der Waals surface area contributed by atoms with Gasteiger partial charge in [0.15, 0.2) is 0 Å². The van der Waals surface area contributed by atoms with Gasteiger partial charge < -0.3 is 0 Å². The van der Waals surface area contributed by atoms with E-state index in [-0.39, 0.29) is 10.8 Å². The maximum absolute atomic E-state index is 13.2. The second kappa shape index (κ2) is 7.99. The number of hydrogen-bond donors (Lipinski definition) is 0. The quantitative estimate of drug-likeness (QED) is 0.583. The molecule has 0 N–H and O–H groups in total. The van der Waals surface area contributed by atoms with Crippen LogP contribution in [0.2, 0.25) is 5.02 Å². The van der Waals surface area contributed by atoms with Crippen molar-refractivity contribution in [1.82, 2.24) is 19.1 Å². The maximum atomic E-state index is 13.2. The third kappa shape index (κ3) is 3.60. The predicted molar refractivity (Wildman–Crippen MR) is 120 cm³/mol. The van der Waals surface area contributed by atoms with Gasteiger partial charge in [-0.2, -0.15) is 9.40 Å². The molecule has 0 atom stereocenters. The van der Waals surface area contributed by atoms with Crippen LogP contribution in [0.1, 0.15) is 24.8 Å². The number of rotatable bonds is 4. The van der Waals surface area contributed by atoms with Crippen molar-refractivity contribution in [2.45, 2.75) is 36.2 Å². The molecule has 4 heterocycles. The lowest BCUT2D eigenvalue weighted by molar-refractivity contribution is -0.122. The van der Waals surface area contributed by atoms with Crippen molar-refractivity contribution in [3.05, 3.63) is 71.6 Å². The number of carbonyl (C=O) groups is 1. The fourth-order valence-corrected chi connectivity index (χ4v) is 6.14. The van der Waals surface area contributed by atoms with Crippen molar-refractivity contribution in [3.63, 3.8) is 0 Å². The minimum absolute atomic E-state index is 0.0174. The van der Waals surface area contributed by atoms with E-state index in [0.29, 0.717) is 43.9 Å². The summed E-state index contributed by atoms with van der Waals surface area (Å²) in [6, 6.07) is 11.8. The predicted octanol–water partition coefficient (Wildman–Crippen LogP) is 3.05. The molecular formula is C22H22ClN5O3S. The minimum atomic E-state index is -3.62. The first kappa shape index (κ1) is 21.1. The highest BCUT2D eigenvalue weighted by Gasteiger charge is 2.47. The van der Waals surface area contributed by atoms with Gasteiger partial charge in [-0.15, -0.1) is 0 Å². The summed E-state index contributed by atoms with van der Waals surface area (Å²) >= 11 is 5.90. The molecule has 2 aromatic heterocycles. The van der Waals surface area contributed by atoms with E-state index in [9.17, 15) is 13.2 Å². The molecule has 0 unspecified atom stereocenters. The molecule has 1 aromatic carbocycles. The van der Waals surface area contributed by atoms with Gasteiger partial charge in [0.25, 0.3) is 0 Å². The number of aromatic nitrogens is 3. The topological polar surface area (TPSA) is 88.4 Å². The number of nitrogens with zero attached hydrogens (tertiary/aromatic N) is 5. The first-order valence-electron chi connectivity index (χ1n) is 10.4. The molecular weight excluding hydrogens is 450 g/mol. The van der Waals surface area contributed by atoms with Gasteiger partial charge >= 0.3 is 0 Å². The van der Waals surface area contributed by atoms with Crippen molar-refractivity contribution in [2.24, 2.45) is 0 Å². The van der Waals surface area contributed by atoms with Crippen molar-refractivity contribution < 1.29 is 13.2 Å². The van der Waals surface area contributed by atoms with Crippen molar-refractivity contribution in [3.8, 4) is 0 Å². The number of pyridine rings is 1. The van der Waals surface area contributed by atoms with Crippen molar-refractivity contribution in [2.75, 3.05) is 18.0 Å². The van der Waals surface area contributed by atoms with Crippen LogP contribution in [0.25, 0.3) is 0 Å². The molecule has 0 saturated carbocycles. The van der Waals surface area contributed by atoms with E-state index in [1.165, 1.54) is 16.4 Å². The summed E-state index contributed by atoms with van der Waals surface area (Å²) in [4.78, 5) is 19.2. The number of sulfonamides is 1. The van der Waals surface area contributed by atoms with Crippen LogP contribution < -0.4 is 4.90 Å². The van der Waals surface area contributed by atoms with E-state index in [1.807, 2.05) is 22.9 Å². The van der Waals surface area contributed by atoms with E-state index < -0.39 is 15.6 Å². The monoisotopic (exact) mass is 471 g/mol. The normalized spacial score (nSPS) is 18.7. The molecule has 10 heteroatoms. The standard InChI is InChI=1S/C22H22ClN5O3S/c23-18-1-3-19(4-2-18)32(30,31)26-13-8-22(9-14-26)15-21(29)27(20-7-12-25-28(20)22)16-17-5-10-24-11-6-17/h1-7,10-12H,8-9,13-16H2. The third-order valence-corrected chi connectivity index (χ3v) is 8.49. The lowest BCUT2D eigenvalue weighted by Crippen LogP contribution is -2.54. The van der Waals surface area contributed by atoms with Gasteiger partial charge in [0, 0.05) is 36.6 Å². The average Bonchev–Trinajstić information content (AvgIpc) is 3.29. The molecule has 2 aliphatic rings. The Morgan fingerprint density at radius 1 is 0.969 bits per heavy atom. The van der Waals surface area contributed by atoms with Crippen LogP contribution in [-0.4, -0.2) is 46.5 Å². The molecule has 166 valence electrons. The third-order valence-electron chi connectivity index (χ3n) is 6.32. The van der Waals surface area contributed by atoms with Crippen LogP contribution in [0.5, 0.6) is 0 Å². The Morgan fingerprint density at radius 2 is 1.66 bits per heavy atom. The van der Waals surface area contributed by atoms with Gasteiger partial charge in [-0.25, -0.2) is 13.1 Å². The lowest BCUT2D eigenvalue weighted by Gasteiger charge is -2.46. The Labute approximate surface area is 191 Å². The summed E-state index contributed by atoms with van der Waals surface area (Å²) in [5, 5.41) is 5.03. The van der Waals surface area contributed by atoms with Gasteiger partial charge in [-0.05, 0) is 54.8 Å². The number of piperidine rings is 1. The van der Waals surface area contributed by atoms with E-state index in [4.69, 9.17) is 11.6 Å². The first-order chi connectivity index (χ1) is 15.4. The molecule has 0 aliphatic carbocycles. The van der Waals surface area contributed by atoms with Crippen LogP contribution in [0.3, 0.4) is 0 Å². The van der Waals surface area contributed by atoms with E-state index in [0.717, 1.165) is 11.4 Å². The molecule has 32 heavy (non-hydrogen) atoms. The lowest BCUT2D eigenvalue weighted by atomic mass is 9.83. The van der Waals surface area contributed by atoms with Gasteiger partial charge in [0.1, 0.15) is 5.82 Å². The van der Waals surface area contributed by atoms with Gasteiger partial charge in [-0.1, -0.05) is 11.6 Å². The Hall–Kier alpha value is -2.75. The van der Waals surface area contributed by atoms with Gasteiger partial charge in [0.05, 0.1) is 29.6 Å². The number of fused-ring (bicyclic) bond motifs is 2. The van der Waals surface area contributed by atoms with Crippen LogP contribution in [0.4, 0.5) is 5.82 Å². The number of carbonyl (C=O) groups excluding carboxylic acids is 1. The largest absolute Gasteiger partial charge is 0.292 e. The molecule has 0 radical (unpaired) electrons. The molecule has 1 saturated heterocycles. The van der Waals surface area contributed by atoms with Crippen molar-refractivity contribution in [1.29, 1.82) is 0 Å². The smallest absolute Gasteiger partial charge is 0.243 e. The summed E-state index contributed by atoms with van der Waals surface area (Å²) in [5.74, 6) is 0.760. The van der Waals surface area contributed by atoms with E-state index in [1.54, 1.807) is 35.6 Å². The number of amides is 1. The van der Waals surface area contributed by atoms with Gasteiger partial charge in [0.2, 0.25) is 15.9 Å². The van der Waals surface area contributed by atoms with Crippen LogP contribution in [-0.2, 0) is 26.9 Å². The number of halogens is 1.